The van der Waals surface area contributed by atoms with E-state index in [-0.39, 0.29) is 11.5 Å². The van der Waals surface area contributed by atoms with Crippen LogP contribution in [0.2, 0.25) is 0 Å². The molecule has 0 aliphatic carbocycles. The van der Waals surface area contributed by atoms with Crippen molar-refractivity contribution in [3.8, 4) is 0 Å². The molecule has 7 heteroatoms. The number of anilines is 1. The van der Waals surface area contributed by atoms with Crippen molar-refractivity contribution in [2.45, 2.75) is 19.8 Å². The number of halogens is 2. The molecule has 1 rings (SSSR count). The van der Waals surface area contributed by atoms with Gasteiger partial charge in [0.05, 0.1) is 11.5 Å². The van der Waals surface area contributed by atoms with Crippen LogP contribution in [0.25, 0.3) is 0 Å². The molecule has 0 aliphatic rings. The van der Waals surface area contributed by atoms with Gasteiger partial charge in [0.25, 0.3) is 6.43 Å². The molecule has 0 atom stereocenters. The fraction of sp³-hybridized carbons (Fsp3) is 0.500. The summed E-state index contributed by atoms with van der Waals surface area (Å²) in [4.78, 5) is 15.2. The van der Waals surface area contributed by atoms with Gasteiger partial charge in [0, 0.05) is 18.8 Å². The molecule has 94 valence electrons. The third-order valence-corrected chi connectivity index (χ3v) is 2.11. The van der Waals surface area contributed by atoms with Gasteiger partial charge in [0.1, 0.15) is 0 Å². The quantitative estimate of drug-likeness (QED) is 0.570. The van der Waals surface area contributed by atoms with E-state index >= 15 is 0 Å². The van der Waals surface area contributed by atoms with Crippen LogP contribution in [0.15, 0.2) is 18.3 Å². The number of hydrogen-bond donors (Lipinski definition) is 0. The summed E-state index contributed by atoms with van der Waals surface area (Å²) in [6, 6.07) is 2.67. The minimum absolute atomic E-state index is 0.000324. The van der Waals surface area contributed by atoms with E-state index in [1.54, 1.807) is 0 Å². The molecule has 0 fully saturated rings. The van der Waals surface area contributed by atoms with Crippen molar-refractivity contribution in [3.05, 3.63) is 28.4 Å². The van der Waals surface area contributed by atoms with Crippen molar-refractivity contribution in [2.75, 3.05) is 18.0 Å². The summed E-state index contributed by atoms with van der Waals surface area (Å²) in [5.74, 6) is -0.000324. The Morgan fingerprint density at radius 2 is 2.29 bits per heavy atom. The Morgan fingerprint density at radius 3 is 2.82 bits per heavy atom. The lowest BCUT2D eigenvalue weighted by atomic mass is 10.3. The molecule has 1 heterocycles. The Hall–Kier alpha value is -1.79. The third-order valence-electron chi connectivity index (χ3n) is 2.11. The molecular weight excluding hydrogens is 232 g/mol. The van der Waals surface area contributed by atoms with E-state index in [1.165, 1.54) is 23.2 Å². The van der Waals surface area contributed by atoms with Gasteiger partial charge in [0.2, 0.25) is 5.82 Å². The summed E-state index contributed by atoms with van der Waals surface area (Å²) in [5.41, 5.74) is -0.249. The first-order chi connectivity index (χ1) is 8.06. The van der Waals surface area contributed by atoms with Crippen LogP contribution in [0.1, 0.15) is 13.3 Å². The second-order valence-corrected chi connectivity index (χ2v) is 3.44. The van der Waals surface area contributed by atoms with Crippen molar-refractivity contribution in [1.82, 2.24) is 4.98 Å². The molecule has 0 N–H and O–H groups in total. The molecule has 5 nitrogen and oxygen atoms in total. The zero-order valence-corrected chi connectivity index (χ0v) is 9.34. The Bertz CT molecular complexity index is 388. The van der Waals surface area contributed by atoms with Crippen molar-refractivity contribution < 1.29 is 13.7 Å². The van der Waals surface area contributed by atoms with Crippen LogP contribution >= 0.6 is 0 Å². The second kappa shape index (κ2) is 6.07. The molecule has 0 aromatic carbocycles. The van der Waals surface area contributed by atoms with Crippen LogP contribution in [-0.4, -0.2) is 29.4 Å². The van der Waals surface area contributed by atoms with E-state index in [2.05, 4.69) is 4.98 Å². The van der Waals surface area contributed by atoms with Crippen LogP contribution in [0, 0.1) is 10.1 Å². The highest BCUT2D eigenvalue weighted by Gasteiger charge is 2.22. The van der Waals surface area contributed by atoms with Crippen molar-refractivity contribution >= 4 is 11.5 Å². The van der Waals surface area contributed by atoms with Gasteiger partial charge < -0.3 is 4.90 Å². The minimum Gasteiger partial charge on any atom is -0.345 e. The Kier molecular flexibility index (Phi) is 4.74. The van der Waals surface area contributed by atoms with E-state index in [4.69, 9.17) is 0 Å². The van der Waals surface area contributed by atoms with Gasteiger partial charge >= 0.3 is 5.69 Å². The smallest absolute Gasteiger partial charge is 0.311 e. The lowest BCUT2D eigenvalue weighted by molar-refractivity contribution is -0.384. The predicted octanol–water partition coefficient (Wildman–Crippen LogP) is 2.47. The maximum absolute atomic E-state index is 12.4. The maximum atomic E-state index is 12.4. The normalized spacial score (nSPS) is 10.6. The van der Waals surface area contributed by atoms with Crippen LogP contribution in [0.5, 0.6) is 0 Å². The van der Waals surface area contributed by atoms with Crippen molar-refractivity contribution in [3.63, 3.8) is 0 Å². The molecule has 0 amide bonds. The lowest BCUT2D eigenvalue weighted by Crippen LogP contribution is -2.30. The molecule has 0 radical (unpaired) electrons. The number of nitro groups is 1. The summed E-state index contributed by atoms with van der Waals surface area (Å²) >= 11 is 0. The highest BCUT2D eigenvalue weighted by molar-refractivity contribution is 5.57. The standard InChI is InChI=1S/C10H13F2N3O2/c1-2-6-14(7-9(11)12)10-8(15(16)17)4-3-5-13-10/h3-5,9H,2,6-7H2,1H3. The van der Waals surface area contributed by atoms with Gasteiger partial charge in [-0.3, -0.25) is 10.1 Å². The molecule has 0 unspecified atom stereocenters. The monoisotopic (exact) mass is 245 g/mol. The Balaban J connectivity index is 3.04. The van der Waals surface area contributed by atoms with Crippen molar-refractivity contribution in [1.29, 1.82) is 0 Å². The molecule has 17 heavy (non-hydrogen) atoms. The van der Waals surface area contributed by atoms with E-state index in [9.17, 15) is 18.9 Å². The molecule has 0 saturated heterocycles. The zero-order valence-electron chi connectivity index (χ0n) is 9.34. The molecule has 0 saturated carbocycles. The number of aromatic nitrogens is 1. The van der Waals surface area contributed by atoms with Crippen LogP contribution in [0.3, 0.4) is 0 Å². The first-order valence-corrected chi connectivity index (χ1v) is 5.18. The number of rotatable bonds is 6. The summed E-state index contributed by atoms with van der Waals surface area (Å²) in [5, 5.41) is 10.8. The summed E-state index contributed by atoms with van der Waals surface area (Å²) in [6.07, 6.45) is -0.583. The van der Waals surface area contributed by atoms with Crippen LogP contribution < -0.4 is 4.90 Å². The van der Waals surface area contributed by atoms with Gasteiger partial charge in [-0.25, -0.2) is 13.8 Å². The van der Waals surface area contributed by atoms with Gasteiger partial charge in [-0.05, 0) is 12.5 Å². The number of hydrogen-bond acceptors (Lipinski definition) is 4. The SMILES string of the molecule is CCCN(CC(F)F)c1ncccc1[N+](=O)[O-]. The fourth-order valence-corrected chi connectivity index (χ4v) is 1.49. The highest BCUT2D eigenvalue weighted by atomic mass is 19.3. The molecule has 1 aromatic heterocycles. The van der Waals surface area contributed by atoms with Gasteiger partial charge in [0.15, 0.2) is 0 Å². The van der Waals surface area contributed by atoms with Gasteiger partial charge in [-0.15, -0.1) is 0 Å². The van der Waals surface area contributed by atoms with Gasteiger partial charge in [-0.2, -0.15) is 0 Å². The molecular formula is C10H13F2N3O2. The van der Waals surface area contributed by atoms with E-state index in [0.717, 1.165) is 0 Å². The molecule has 0 aliphatic heterocycles. The van der Waals surface area contributed by atoms with E-state index in [1.807, 2.05) is 6.92 Å². The average Bonchev–Trinajstić information content (AvgIpc) is 2.28. The molecule has 1 aromatic rings. The fourth-order valence-electron chi connectivity index (χ4n) is 1.49. The van der Waals surface area contributed by atoms with E-state index < -0.39 is 17.9 Å². The van der Waals surface area contributed by atoms with Crippen molar-refractivity contribution in [2.24, 2.45) is 0 Å². The molecule has 0 spiro atoms. The highest BCUT2D eigenvalue weighted by Crippen LogP contribution is 2.25. The minimum atomic E-state index is -2.55. The summed E-state index contributed by atoms with van der Waals surface area (Å²) < 4.78 is 24.8. The number of nitrogens with zero attached hydrogens (tertiary/aromatic N) is 3. The number of alkyl halides is 2. The first-order valence-electron chi connectivity index (χ1n) is 5.18. The van der Waals surface area contributed by atoms with Crippen LogP contribution in [0.4, 0.5) is 20.3 Å². The Labute approximate surface area is 97.2 Å². The number of pyridine rings is 1. The predicted molar refractivity (Wildman–Crippen MR) is 59.4 cm³/mol. The third kappa shape index (κ3) is 3.61. The lowest BCUT2D eigenvalue weighted by Gasteiger charge is -2.21. The zero-order chi connectivity index (χ0) is 12.8. The second-order valence-electron chi connectivity index (χ2n) is 3.44. The first kappa shape index (κ1) is 13.3. The van der Waals surface area contributed by atoms with Gasteiger partial charge in [-0.1, -0.05) is 6.92 Å². The maximum Gasteiger partial charge on any atom is 0.311 e. The Morgan fingerprint density at radius 1 is 1.59 bits per heavy atom. The summed E-state index contributed by atoms with van der Waals surface area (Å²) in [6.45, 7) is 1.57. The largest absolute Gasteiger partial charge is 0.345 e. The van der Waals surface area contributed by atoms with E-state index in [0.29, 0.717) is 13.0 Å². The average molecular weight is 245 g/mol. The topological polar surface area (TPSA) is 59.3 Å². The van der Waals surface area contributed by atoms with Crippen LogP contribution in [-0.2, 0) is 0 Å². The molecule has 0 bridgehead atoms. The summed E-state index contributed by atoms with van der Waals surface area (Å²) in [7, 11) is 0.